The molecule has 1 aromatic heterocycles. The van der Waals surface area contributed by atoms with Gasteiger partial charge >= 0.3 is 11.9 Å². The van der Waals surface area contributed by atoms with Crippen molar-refractivity contribution in [1.29, 1.82) is 0 Å². The topological polar surface area (TPSA) is 132 Å². The number of carboxylic acid groups (broad SMARTS) is 2. The first kappa shape index (κ1) is 12.7. The summed E-state index contributed by atoms with van der Waals surface area (Å²) in [5.74, 6) is -3.38. The number of H-pyrrole nitrogens is 1. The van der Waals surface area contributed by atoms with E-state index in [1.54, 1.807) is 6.92 Å². The van der Waals surface area contributed by atoms with Crippen molar-refractivity contribution in [2.75, 3.05) is 0 Å². The van der Waals surface area contributed by atoms with Gasteiger partial charge in [0.1, 0.15) is 6.04 Å². The smallest absolute Gasteiger partial charge is 0.326 e. The third-order valence-electron chi connectivity index (χ3n) is 2.06. The quantitative estimate of drug-likeness (QED) is 0.542. The summed E-state index contributed by atoms with van der Waals surface area (Å²) in [6.07, 6.45) is 0.558. The zero-order chi connectivity index (χ0) is 13.0. The van der Waals surface area contributed by atoms with Gasteiger partial charge in [0, 0.05) is 5.69 Å². The fourth-order valence-corrected chi connectivity index (χ4v) is 1.19. The summed E-state index contributed by atoms with van der Waals surface area (Å²) in [5.41, 5.74) is 0.656. The minimum Gasteiger partial charge on any atom is -0.481 e. The Morgan fingerprint density at radius 3 is 2.53 bits per heavy atom. The maximum absolute atomic E-state index is 11.6. The SMILES string of the molecule is Cc1[nH]ncc1C(=O)N[C@H](CC(=O)O)C(=O)O. The van der Waals surface area contributed by atoms with E-state index in [0.29, 0.717) is 5.69 Å². The number of nitrogens with zero attached hydrogens (tertiary/aromatic N) is 1. The van der Waals surface area contributed by atoms with Crippen molar-refractivity contribution in [3.8, 4) is 0 Å². The molecule has 0 saturated carbocycles. The first-order chi connectivity index (χ1) is 7.91. The van der Waals surface area contributed by atoms with Crippen LogP contribution in [0.15, 0.2) is 6.20 Å². The van der Waals surface area contributed by atoms with Crippen LogP contribution in [0.5, 0.6) is 0 Å². The van der Waals surface area contributed by atoms with Gasteiger partial charge in [0.2, 0.25) is 0 Å². The van der Waals surface area contributed by atoms with Crippen molar-refractivity contribution in [1.82, 2.24) is 15.5 Å². The maximum atomic E-state index is 11.6. The monoisotopic (exact) mass is 241 g/mol. The average Bonchev–Trinajstić information content (AvgIpc) is 2.62. The van der Waals surface area contributed by atoms with Crippen molar-refractivity contribution in [3.63, 3.8) is 0 Å². The van der Waals surface area contributed by atoms with Gasteiger partial charge < -0.3 is 15.5 Å². The first-order valence-electron chi connectivity index (χ1n) is 4.67. The lowest BCUT2D eigenvalue weighted by Gasteiger charge is -2.11. The van der Waals surface area contributed by atoms with E-state index in [1.165, 1.54) is 6.20 Å². The van der Waals surface area contributed by atoms with E-state index in [0.717, 1.165) is 0 Å². The molecule has 0 aliphatic rings. The molecule has 0 radical (unpaired) electrons. The number of hydrogen-bond acceptors (Lipinski definition) is 4. The molecule has 0 fully saturated rings. The molecule has 1 heterocycles. The highest BCUT2D eigenvalue weighted by molar-refractivity contribution is 5.97. The number of aromatic nitrogens is 2. The van der Waals surface area contributed by atoms with Gasteiger partial charge in [-0.2, -0.15) is 5.10 Å². The van der Waals surface area contributed by atoms with Gasteiger partial charge in [-0.15, -0.1) is 0 Å². The normalized spacial score (nSPS) is 11.8. The highest BCUT2D eigenvalue weighted by atomic mass is 16.4. The summed E-state index contributed by atoms with van der Waals surface area (Å²) in [7, 11) is 0. The van der Waals surface area contributed by atoms with Crippen LogP contribution in [0.2, 0.25) is 0 Å². The van der Waals surface area contributed by atoms with Gasteiger partial charge in [-0.1, -0.05) is 0 Å². The Kier molecular flexibility index (Phi) is 3.81. The van der Waals surface area contributed by atoms with E-state index in [9.17, 15) is 14.4 Å². The van der Waals surface area contributed by atoms with E-state index in [1.807, 2.05) is 0 Å². The molecule has 1 aromatic rings. The van der Waals surface area contributed by atoms with Gasteiger partial charge in [-0.3, -0.25) is 14.7 Å². The Labute approximate surface area is 95.6 Å². The maximum Gasteiger partial charge on any atom is 0.326 e. The summed E-state index contributed by atoms with van der Waals surface area (Å²) in [4.78, 5) is 32.7. The highest BCUT2D eigenvalue weighted by Gasteiger charge is 2.24. The molecule has 17 heavy (non-hydrogen) atoms. The van der Waals surface area contributed by atoms with Crippen molar-refractivity contribution in [2.45, 2.75) is 19.4 Å². The number of aliphatic carboxylic acids is 2. The number of amides is 1. The number of hydrogen-bond donors (Lipinski definition) is 4. The predicted molar refractivity (Wildman–Crippen MR) is 54.5 cm³/mol. The molecule has 92 valence electrons. The van der Waals surface area contributed by atoms with E-state index in [2.05, 4.69) is 15.5 Å². The largest absolute Gasteiger partial charge is 0.481 e. The Hall–Kier alpha value is -2.38. The molecular formula is C9H11N3O5. The third-order valence-corrected chi connectivity index (χ3v) is 2.06. The van der Waals surface area contributed by atoms with Gasteiger partial charge in [0.25, 0.3) is 5.91 Å². The van der Waals surface area contributed by atoms with Crippen LogP contribution in [-0.4, -0.2) is 44.3 Å². The first-order valence-corrected chi connectivity index (χ1v) is 4.67. The fourth-order valence-electron chi connectivity index (χ4n) is 1.19. The molecule has 1 amide bonds. The summed E-state index contributed by atoms with van der Waals surface area (Å²) in [5, 5.41) is 25.5. The van der Waals surface area contributed by atoms with Crippen LogP contribution >= 0.6 is 0 Å². The standard InChI is InChI=1S/C9H11N3O5/c1-4-5(3-10-12-4)8(15)11-6(9(16)17)2-7(13)14/h3,6H,2H2,1H3,(H,10,12)(H,11,15)(H,13,14)(H,16,17)/t6-/m1/s1. The number of nitrogens with one attached hydrogen (secondary N) is 2. The van der Waals surface area contributed by atoms with Gasteiger partial charge in [-0.05, 0) is 6.92 Å². The second-order valence-electron chi connectivity index (χ2n) is 3.37. The molecule has 0 unspecified atom stereocenters. The predicted octanol–water partition coefficient (Wildman–Crippen LogP) is -0.624. The molecule has 1 rings (SSSR count). The van der Waals surface area contributed by atoms with Gasteiger partial charge in [0.05, 0.1) is 18.2 Å². The molecule has 0 saturated heterocycles. The molecule has 0 spiro atoms. The zero-order valence-electron chi connectivity index (χ0n) is 8.93. The van der Waals surface area contributed by atoms with E-state index in [-0.39, 0.29) is 5.56 Å². The number of carbonyl (C=O) groups excluding carboxylic acids is 1. The number of rotatable bonds is 5. The summed E-state index contributed by atoms with van der Waals surface area (Å²) < 4.78 is 0. The minimum atomic E-state index is -1.46. The van der Waals surface area contributed by atoms with Gasteiger partial charge in [-0.25, -0.2) is 4.79 Å². The summed E-state index contributed by atoms with van der Waals surface area (Å²) >= 11 is 0. The van der Waals surface area contributed by atoms with E-state index < -0.39 is 30.3 Å². The molecule has 1 atom stereocenters. The van der Waals surface area contributed by atoms with E-state index >= 15 is 0 Å². The van der Waals surface area contributed by atoms with E-state index in [4.69, 9.17) is 10.2 Å². The second-order valence-corrected chi connectivity index (χ2v) is 3.37. The second kappa shape index (κ2) is 5.10. The lowest BCUT2D eigenvalue weighted by molar-refractivity contribution is -0.145. The molecular weight excluding hydrogens is 230 g/mol. The Morgan fingerprint density at radius 1 is 1.47 bits per heavy atom. The minimum absolute atomic E-state index is 0.182. The number of carboxylic acids is 2. The van der Waals surface area contributed by atoms with Crippen molar-refractivity contribution in [2.24, 2.45) is 0 Å². The Bertz CT molecular complexity index is 453. The molecule has 0 aliphatic heterocycles. The van der Waals surface area contributed by atoms with Crippen LogP contribution in [0.25, 0.3) is 0 Å². The summed E-state index contributed by atoms with van der Waals surface area (Å²) in [6.45, 7) is 1.59. The Morgan fingerprint density at radius 2 is 2.12 bits per heavy atom. The molecule has 8 nitrogen and oxygen atoms in total. The average molecular weight is 241 g/mol. The molecule has 0 aliphatic carbocycles. The zero-order valence-corrected chi connectivity index (χ0v) is 8.93. The van der Waals surface area contributed by atoms with Crippen LogP contribution in [0, 0.1) is 6.92 Å². The molecule has 0 aromatic carbocycles. The number of carbonyl (C=O) groups is 3. The van der Waals surface area contributed by atoms with Crippen molar-refractivity contribution >= 4 is 17.8 Å². The van der Waals surface area contributed by atoms with Crippen LogP contribution in [0.4, 0.5) is 0 Å². The molecule has 0 bridgehead atoms. The lowest BCUT2D eigenvalue weighted by Crippen LogP contribution is -2.42. The molecule has 8 heteroatoms. The van der Waals surface area contributed by atoms with Crippen LogP contribution in [0.3, 0.4) is 0 Å². The van der Waals surface area contributed by atoms with Crippen molar-refractivity contribution < 1.29 is 24.6 Å². The van der Waals surface area contributed by atoms with Crippen LogP contribution in [0.1, 0.15) is 22.5 Å². The summed E-state index contributed by atoms with van der Waals surface area (Å²) in [6, 6.07) is -1.46. The van der Waals surface area contributed by atoms with Crippen molar-refractivity contribution in [3.05, 3.63) is 17.5 Å². The van der Waals surface area contributed by atoms with Gasteiger partial charge in [0.15, 0.2) is 0 Å². The fraction of sp³-hybridized carbons (Fsp3) is 0.333. The molecule has 4 N–H and O–H groups in total. The van der Waals surface area contributed by atoms with Crippen LogP contribution in [-0.2, 0) is 9.59 Å². The highest BCUT2D eigenvalue weighted by Crippen LogP contribution is 2.03. The lowest BCUT2D eigenvalue weighted by atomic mass is 10.2. The Balaban J connectivity index is 2.74. The number of aromatic amines is 1. The van der Waals surface area contributed by atoms with Crippen LogP contribution < -0.4 is 5.32 Å². The third kappa shape index (κ3) is 3.30. The number of aryl methyl sites for hydroxylation is 1.